The molecule has 0 radical (unpaired) electrons. The lowest BCUT2D eigenvalue weighted by molar-refractivity contribution is -0.119. The van der Waals surface area contributed by atoms with Crippen LogP contribution in [0.1, 0.15) is 50.7 Å². The summed E-state index contributed by atoms with van der Waals surface area (Å²) in [6.07, 6.45) is 0. The average molecular weight is 419 g/mol. The average Bonchev–Trinajstić information content (AvgIpc) is 3.02. The van der Waals surface area contributed by atoms with Crippen molar-refractivity contribution >= 4 is 29.5 Å². The van der Waals surface area contributed by atoms with Crippen LogP contribution in [0.5, 0.6) is 11.5 Å². The number of amides is 1. The van der Waals surface area contributed by atoms with E-state index in [0.29, 0.717) is 5.75 Å². The van der Waals surface area contributed by atoms with Gasteiger partial charge < -0.3 is 23.7 Å². The van der Waals surface area contributed by atoms with Gasteiger partial charge in [0.1, 0.15) is 28.4 Å². The van der Waals surface area contributed by atoms with Gasteiger partial charge in [0.15, 0.2) is 12.4 Å². The molecule has 2 rings (SSSR count). The third-order valence-corrected chi connectivity index (χ3v) is 3.93. The van der Waals surface area contributed by atoms with E-state index in [1.807, 2.05) is 0 Å². The van der Waals surface area contributed by atoms with Gasteiger partial charge in [-0.15, -0.1) is 0 Å². The van der Waals surface area contributed by atoms with E-state index in [4.69, 9.17) is 18.6 Å². The van der Waals surface area contributed by atoms with Gasteiger partial charge >= 0.3 is 11.9 Å². The van der Waals surface area contributed by atoms with Crippen molar-refractivity contribution in [3.05, 3.63) is 40.6 Å². The Labute approximate surface area is 171 Å². The molecule has 2 aromatic rings. The zero-order chi connectivity index (χ0) is 22.4. The number of carbonyl (C=O) groups excluding carboxylic acids is 4. The summed E-state index contributed by atoms with van der Waals surface area (Å²) in [7, 11) is 1.39. The molecule has 1 aromatic heterocycles. The molecule has 1 aromatic carbocycles. The molecule has 10 nitrogen and oxygen atoms in total. The molecule has 0 saturated carbocycles. The van der Waals surface area contributed by atoms with E-state index >= 15 is 0 Å². The molecular weight excluding hydrogens is 398 g/mol. The molecule has 160 valence electrons. The number of aromatic hydroxyl groups is 1. The maximum Gasteiger partial charge on any atom is 0.344 e. The fraction of sp³-hybridized carbons (Fsp3) is 0.300. The number of rotatable bonds is 8. The summed E-state index contributed by atoms with van der Waals surface area (Å²) in [5.41, 5.74) is -0.420. The van der Waals surface area contributed by atoms with Gasteiger partial charge in [0.05, 0.1) is 19.3 Å². The van der Waals surface area contributed by atoms with Crippen LogP contribution >= 0.6 is 0 Å². The predicted molar refractivity (Wildman–Crippen MR) is 103 cm³/mol. The Bertz CT molecular complexity index is 990. The number of aryl methyl sites for hydroxylation is 1. The zero-order valence-electron chi connectivity index (χ0n) is 16.9. The number of hydrogen-bond donors (Lipinski definition) is 2. The number of ketones is 1. The molecule has 0 aliphatic carbocycles. The topological polar surface area (TPSA) is 141 Å². The van der Waals surface area contributed by atoms with E-state index in [9.17, 15) is 24.3 Å². The number of benzene rings is 1. The maximum absolute atomic E-state index is 12.2. The number of phenolic OH excluding ortho intramolecular Hbond substituents is 1. The lowest BCUT2D eigenvalue weighted by atomic mass is 10.1. The summed E-state index contributed by atoms with van der Waals surface area (Å²) in [5.74, 6) is -3.29. The van der Waals surface area contributed by atoms with Crippen LogP contribution in [0.25, 0.3) is 0 Å². The highest BCUT2D eigenvalue weighted by atomic mass is 16.5. The van der Waals surface area contributed by atoms with Crippen LogP contribution in [-0.2, 0) is 14.3 Å². The van der Waals surface area contributed by atoms with Crippen molar-refractivity contribution in [3.63, 3.8) is 0 Å². The molecule has 0 aliphatic heterocycles. The van der Waals surface area contributed by atoms with Crippen molar-refractivity contribution in [3.8, 4) is 11.5 Å². The van der Waals surface area contributed by atoms with Crippen molar-refractivity contribution in [2.45, 2.75) is 20.8 Å². The quantitative estimate of drug-likeness (QED) is 0.487. The highest BCUT2D eigenvalue weighted by Gasteiger charge is 2.29. The highest BCUT2D eigenvalue weighted by molar-refractivity contribution is 6.11. The Balaban J connectivity index is 2.15. The van der Waals surface area contributed by atoms with Crippen molar-refractivity contribution in [2.75, 3.05) is 25.6 Å². The Hall–Kier alpha value is -3.82. The molecule has 0 spiro atoms. The van der Waals surface area contributed by atoms with Gasteiger partial charge in [-0.3, -0.25) is 14.9 Å². The van der Waals surface area contributed by atoms with Gasteiger partial charge in [-0.2, -0.15) is 0 Å². The number of carbonyl (C=O) groups is 4. The second-order valence-corrected chi connectivity index (χ2v) is 6.02. The van der Waals surface area contributed by atoms with E-state index in [1.165, 1.54) is 39.2 Å². The Morgan fingerprint density at radius 3 is 2.40 bits per heavy atom. The molecule has 30 heavy (non-hydrogen) atoms. The number of esters is 2. The fourth-order valence-electron chi connectivity index (χ4n) is 2.63. The standard InChI is InChI=1S/C20H21NO9/c1-5-28-20(26)17-16(10(2)22)11(3)30-18(17)21-15(24)9-29-19(25)13-8-12(27-4)6-7-14(13)23/h6-8,23H,5,9H2,1-4H3,(H,21,24). The van der Waals surface area contributed by atoms with Crippen LogP contribution in [0, 0.1) is 6.92 Å². The number of furan rings is 1. The van der Waals surface area contributed by atoms with Crippen LogP contribution < -0.4 is 10.1 Å². The van der Waals surface area contributed by atoms with E-state index < -0.39 is 30.2 Å². The number of nitrogens with one attached hydrogen (secondary N) is 1. The zero-order valence-corrected chi connectivity index (χ0v) is 16.9. The molecule has 0 fully saturated rings. The van der Waals surface area contributed by atoms with Gasteiger partial charge in [0.2, 0.25) is 5.88 Å². The first-order valence-electron chi connectivity index (χ1n) is 8.85. The molecule has 0 atom stereocenters. The van der Waals surface area contributed by atoms with Crippen molar-refractivity contribution in [1.82, 2.24) is 0 Å². The monoisotopic (exact) mass is 419 g/mol. The molecule has 0 saturated heterocycles. The van der Waals surface area contributed by atoms with E-state index in [-0.39, 0.29) is 40.7 Å². The lowest BCUT2D eigenvalue weighted by Gasteiger charge is -2.09. The normalized spacial score (nSPS) is 10.3. The molecule has 0 aliphatic rings. The number of phenols is 1. The van der Waals surface area contributed by atoms with Crippen LogP contribution in [0.2, 0.25) is 0 Å². The first kappa shape index (κ1) is 22.5. The lowest BCUT2D eigenvalue weighted by Crippen LogP contribution is -2.22. The largest absolute Gasteiger partial charge is 0.507 e. The minimum atomic E-state index is -0.966. The summed E-state index contributed by atoms with van der Waals surface area (Å²) >= 11 is 0. The second kappa shape index (κ2) is 9.59. The molecule has 0 bridgehead atoms. The summed E-state index contributed by atoms with van der Waals surface area (Å²) in [5, 5.41) is 12.1. The van der Waals surface area contributed by atoms with Crippen molar-refractivity contribution in [1.29, 1.82) is 0 Å². The highest BCUT2D eigenvalue weighted by Crippen LogP contribution is 2.28. The molecule has 10 heteroatoms. The molecule has 0 unspecified atom stereocenters. The van der Waals surface area contributed by atoms with Gasteiger partial charge in [-0.1, -0.05) is 0 Å². The molecule has 1 amide bonds. The van der Waals surface area contributed by atoms with Crippen molar-refractivity contribution in [2.24, 2.45) is 0 Å². The second-order valence-electron chi connectivity index (χ2n) is 6.02. The molecule has 1 heterocycles. The van der Waals surface area contributed by atoms with Crippen LogP contribution in [0.15, 0.2) is 22.6 Å². The number of anilines is 1. The third-order valence-electron chi connectivity index (χ3n) is 3.93. The number of methoxy groups -OCH3 is 1. The summed E-state index contributed by atoms with van der Waals surface area (Å²) in [4.78, 5) is 48.4. The van der Waals surface area contributed by atoms with Gasteiger partial charge in [-0.05, 0) is 39.0 Å². The van der Waals surface area contributed by atoms with E-state index in [1.54, 1.807) is 6.92 Å². The minimum Gasteiger partial charge on any atom is -0.507 e. The summed E-state index contributed by atoms with van der Waals surface area (Å²) in [6, 6.07) is 3.95. The van der Waals surface area contributed by atoms with Gasteiger partial charge in [0, 0.05) is 0 Å². The summed E-state index contributed by atoms with van der Waals surface area (Å²) in [6.45, 7) is 3.60. The van der Waals surface area contributed by atoms with Crippen LogP contribution in [0.4, 0.5) is 5.88 Å². The first-order valence-corrected chi connectivity index (χ1v) is 8.85. The number of Topliss-reactive ketones (excluding diaryl/α,β-unsaturated/α-hetero) is 1. The summed E-state index contributed by atoms with van der Waals surface area (Å²) < 4.78 is 20.1. The third kappa shape index (κ3) is 4.96. The smallest absolute Gasteiger partial charge is 0.344 e. The SMILES string of the molecule is CCOC(=O)c1c(NC(=O)COC(=O)c2cc(OC)ccc2O)oc(C)c1C(C)=O. The Kier molecular flexibility index (Phi) is 7.18. The van der Waals surface area contributed by atoms with Crippen LogP contribution in [-0.4, -0.2) is 49.1 Å². The predicted octanol–water partition coefficient (Wildman–Crippen LogP) is 2.48. The van der Waals surface area contributed by atoms with Gasteiger partial charge in [0.25, 0.3) is 5.91 Å². The van der Waals surface area contributed by atoms with Crippen molar-refractivity contribution < 1.29 is 42.9 Å². The number of ether oxygens (including phenoxy) is 3. The Morgan fingerprint density at radius 2 is 1.80 bits per heavy atom. The maximum atomic E-state index is 12.2. The minimum absolute atomic E-state index is 0.0120. The van der Waals surface area contributed by atoms with E-state index in [2.05, 4.69) is 5.32 Å². The van der Waals surface area contributed by atoms with Gasteiger partial charge in [-0.25, -0.2) is 9.59 Å². The molecular formula is C20H21NO9. The van der Waals surface area contributed by atoms with E-state index in [0.717, 1.165) is 0 Å². The Morgan fingerprint density at radius 1 is 1.10 bits per heavy atom. The fourth-order valence-corrected chi connectivity index (χ4v) is 2.63. The number of hydrogen-bond acceptors (Lipinski definition) is 9. The first-order chi connectivity index (χ1) is 14.2. The molecule has 2 N–H and O–H groups in total. The van der Waals surface area contributed by atoms with Crippen LogP contribution in [0.3, 0.4) is 0 Å².